The van der Waals surface area contributed by atoms with Gasteiger partial charge in [0.05, 0.1) is 17.5 Å². The fraction of sp³-hybridized carbons (Fsp3) is 0.323. The van der Waals surface area contributed by atoms with Crippen LogP contribution in [0.1, 0.15) is 44.5 Å². The maximum absolute atomic E-state index is 14.6. The van der Waals surface area contributed by atoms with Gasteiger partial charge >= 0.3 is 18.0 Å². The molecule has 1 unspecified atom stereocenters. The van der Waals surface area contributed by atoms with Crippen molar-refractivity contribution < 1.29 is 28.2 Å². The number of benzene rings is 2. The Bertz CT molecular complexity index is 1800. The van der Waals surface area contributed by atoms with E-state index in [2.05, 4.69) is 25.9 Å². The van der Waals surface area contributed by atoms with Gasteiger partial charge in [-0.3, -0.25) is 4.57 Å². The quantitative estimate of drug-likeness (QED) is 0.136. The summed E-state index contributed by atoms with van der Waals surface area (Å²) in [5, 5.41) is 0. The minimum Gasteiger partial charge on any atom is -0.450 e. The van der Waals surface area contributed by atoms with Crippen molar-refractivity contribution in [2.24, 2.45) is 0 Å². The Hall–Kier alpha value is -4.60. The zero-order chi connectivity index (χ0) is 30.7. The molecule has 1 N–H and O–H groups in total. The molecule has 4 aromatic rings. The predicted molar refractivity (Wildman–Crippen MR) is 158 cm³/mol. The summed E-state index contributed by atoms with van der Waals surface area (Å²) in [7, 11) is -1.92. The molecule has 1 saturated heterocycles. The summed E-state index contributed by atoms with van der Waals surface area (Å²) in [4.78, 5) is 42.2. The Balaban J connectivity index is 1.36. The SMILES string of the molecule is C#C[C@]12O[C@@H](n3cnc4c(N[Si](C)(C)C)nc(F)nc43)C[C@@]1(OC(=O)c1ccc(C)cc1)C2OC(=O)c1ccc(C)cc1. The van der Waals surface area contributed by atoms with Crippen molar-refractivity contribution in [3.05, 3.63) is 83.2 Å². The number of rotatable bonds is 7. The Labute approximate surface area is 248 Å². The number of nitrogens with one attached hydrogen (secondary N) is 1. The van der Waals surface area contributed by atoms with Gasteiger partial charge in [0.15, 0.2) is 17.6 Å². The Morgan fingerprint density at radius 2 is 1.65 bits per heavy atom. The minimum atomic E-state index is -1.92. The largest absolute Gasteiger partial charge is 0.450 e. The first-order valence-corrected chi connectivity index (χ1v) is 17.3. The Morgan fingerprint density at radius 1 is 1.05 bits per heavy atom. The van der Waals surface area contributed by atoms with Crippen LogP contribution >= 0.6 is 0 Å². The van der Waals surface area contributed by atoms with Crippen LogP contribution in [-0.4, -0.2) is 57.0 Å². The zero-order valence-electron chi connectivity index (χ0n) is 24.3. The molecule has 0 spiro atoms. The number of fused-ring (bicyclic) bond motifs is 2. The number of hydrogen-bond acceptors (Lipinski definition) is 9. The number of imidazole rings is 1. The highest BCUT2D eigenvalue weighted by atomic mass is 28.3. The molecule has 1 aliphatic heterocycles. The van der Waals surface area contributed by atoms with E-state index in [1.54, 1.807) is 48.5 Å². The molecule has 0 bridgehead atoms. The van der Waals surface area contributed by atoms with Crippen molar-refractivity contribution in [2.75, 3.05) is 4.98 Å². The van der Waals surface area contributed by atoms with Crippen LogP contribution in [-0.2, 0) is 14.2 Å². The molecule has 1 aliphatic carbocycles. The summed E-state index contributed by atoms with van der Waals surface area (Å²) in [6.07, 6.45) is 4.59. The molecule has 3 heterocycles. The second-order valence-electron chi connectivity index (χ2n) is 12.0. The van der Waals surface area contributed by atoms with Gasteiger partial charge in [0, 0.05) is 6.42 Å². The summed E-state index contributed by atoms with van der Waals surface area (Å²) in [6.45, 7) is 9.95. The maximum Gasteiger partial charge on any atom is 0.338 e. The summed E-state index contributed by atoms with van der Waals surface area (Å²) >= 11 is 0. The number of halogens is 1. The number of aryl methyl sites for hydroxylation is 2. The number of terminal acetylenes is 1. The van der Waals surface area contributed by atoms with Gasteiger partial charge < -0.3 is 19.2 Å². The average Bonchev–Trinajstić information content (AvgIpc) is 3.24. The van der Waals surface area contributed by atoms with Gasteiger partial charge in [-0.15, -0.1) is 6.42 Å². The number of carbonyl (C=O) groups excluding carboxylic acids is 2. The molecular weight excluding hydrogens is 569 g/mol. The summed E-state index contributed by atoms with van der Waals surface area (Å²) < 4.78 is 34.4. The molecular formula is C31H30FN5O5Si. The average molecular weight is 600 g/mol. The second kappa shape index (κ2) is 10.00. The lowest BCUT2D eigenvalue weighted by atomic mass is 10.1. The van der Waals surface area contributed by atoms with Gasteiger partial charge in [0.1, 0.15) is 20.0 Å². The van der Waals surface area contributed by atoms with Crippen molar-refractivity contribution in [3.8, 4) is 12.3 Å². The maximum atomic E-state index is 14.6. The van der Waals surface area contributed by atoms with Crippen LogP contribution in [0.25, 0.3) is 11.2 Å². The van der Waals surface area contributed by atoms with E-state index in [0.717, 1.165) is 11.1 Å². The molecule has 4 atom stereocenters. The summed E-state index contributed by atoms with van der Waals surface area (Å²) in [5.41, 5.74) is -0.0147. The van der Waals surface area contributed by atoms with E-state index in [0.29, 0.717) is 16.6 Å². The van der Waals surface area contributed by atoms with Gasteiger partial charge in [-0.1, -0.05) is 61.0 Å². The van der Waals surface area contributed by atoms with E-state index in [9.17, 15) is 14.0 Å². The predicted octanol–water partition coefficient (Wildman–Crippen LogP) is 4.95. The van der Waals surface area contributed by atoms with Gasteiger partial charge in [0.2, 0.25) is 11.2 Å². The molecule has 12 heteroatoms. The highest BCUT2D eigenvalue weighted by Gasteiger charge is 2.89. The first kappa shape index (κ1) is 28.5. The first-order valence-electron chi connectivity index (χ1n) is 13.8. The fourth-order valence-corrected chi connectivity index (χ4v) is 6.32. The van der Waals surface area contributed by atoms with Crippen LogP contribution in [0.3, 0.4) is 0 Å². The molecule has 0 radical (unpaired) electrons. The molecule has 0 amide bonds. The van der Waals surface area contributed by atoms with Crippen molar-refractivity contribution in [1.29, 1.82) is 0 Å². The van der Waals surface area contributed by atoms with Crippen molar-refractivity contribution in [1.82, 2.24) is 19.5 Å². The van der Waals surface area contributed by atoms with Gasteiger partial charge in [-0.25, -0.2) is 14.6 Å². The van der Waals surface area contributed by atoms with Crippen LogP contribution in [0.4, 0.5) is 10.2 Å². The van der Waals surface area contributed by atoms with Crippen LogP contribution < -0.4 is 4.98 Å². The lowest BCUT2D eigenvalue weighted by molar-refractivity contribution is -0.0477. The van der Waals surface area contributed by atoms with Gasteiger partial charge in [-0.2, -0.15) is 14.4 Å². The molecule has 2 aromatic carbocycles. The van der Waals surface area contributed by atoms with Gasteiger partial charge in [0.25, 0.3) is 0 Å². The summed E-state index contributed by atoms with van der Waals surface area (Å²) in [6, 6.07) is 13.7. The topological polar surface area (TPSA) is 117 Å². The third-order valence-corrected chi connectivity index (χ3v) is 8.61. The normalized spacial score (nSPS) is 24.2. The molecule has 2 fully saturated rings. The van der Waals surface area contributed by atoms with Crippen molar-refractivity contribution >= 4 is 37.2 Å². The third kappa shape index (κ3) is 4.84. The number of anilines is 1. The molecule has 2 aromatic heterocycles. The third-order valence-electron chi connectivity index (χ3n) is 7.62. The van der Waals surface area contributed by atoms with Crippen LogP contribution in [0.2, 0.25) is 19.6 Å². The number of esters is 2. The second-order valence-corrected chi connectivity index (χ2v) is 16.7. The van der Waals surface area contributed by atoms with Crippen molar-refractivity contribution in [3.63, 3.8) is 0 Å². The van der Waals surface area contributed by atoms with E-state index in [-0.39, 0.29) is 17.9 Å². The summed E-state index contributed by atoms with van der Waals surface area (Å²) in [5.74, 6) is 1.60. The minimum absolute atomic E-state index is 0.00545. The number of aromatic nitrogens is 4. The van der Waals surface area contributed by atoms with E-state index in [4.69, 9.17) is 20.6 Å². The van der Waals surface area contributed by atoms with E-state index < -0.39 is 49.8 Å². The molecule has 2 aliphatic rings. The number of carbonyl (C=O) groups is 2. The van der Waals surface area contributed by atoms with Crippen LogP contribution in [0.15, 0.2) is 54.9 Å². The Morgan fingerprint density at radius 3 is 2.23 bits per heavy atom. The molecule has 10 nitrogen and oxygen atoms in total. The Kier molecular flexibility index (Phi) is 6.63. The number of nitrogens with zero attached hydrogens (tertiary/aromatic N) is 4. The van der Waals surface area contributed by atoms with E-state index in [1.807, 2.05) is 33.5 Å². The van der Waals surface area contributed by atoms with E-state index >= 15 is 0 Å². The highest BCUT2D eigenvalue weighted by Crippen LogP contribution is 2.66. The van der Waals surface area contributed by atoms with Crippen molar-refractivity contribution in [2.45, 2.75) is 63.4 Å². The van der Waals surface area contributed by atoms with Crippen LogP contribution in [0.5, 0.6) is 0 Å². The lowest BCUT2D eigenvalue weighted by Crippen LogP contribution is -2.33. The molecule has 1 saturated carbocycles. The number of ether oxygens (including phenoxy) is 3. The molecule has 43 heavy (non-hydrogen) atoms. The highest BCUT2D eigenvalue weighted by molar-refractivity contribution is 6.79. The number of hydrogen-bond donors (Lipinski definition) is 1. The monoisotopic (exact) mass is 599 g/mol. The van der Waals surface area contributed by atoms with Gasteiger partial charge in [-0.05, 0) is 38.1 Å². The van der Waals surface area contributed by atoms with E-state index in [1.165, 1.54) is 10.9 Å². The fourth-order valence-electron chi connectivity index (χ4n) is 5.44. The lowest BCUT2D eigenvalue weighted by Gasteiger charge is -2.21. The van der Waals surface area contributed by atoms with Crippen LogP contribution in [0, 0.1) is 32.3 Å². The zero-order valence-corrected chi connectivity index (χ0v) is 25.3. The standard InChI is InChI=1S/C31H30FN5O5Si/c1-7-30-28(40-26(38)20-12-8-18(2)9-13-20)31(30,42-27(39)21-14-10-19(3)11-15-21)16-22(41-30)37-17-33-23-24(36-43(4,5)6)34-29(32)35-25(23)37/h1,8-15,17,22,28H,16H2,2-6H3,(H,34,35,36)/t22-,28?,30-,31-/m1/s1. The smallest absolute Gasteiger partial charge is 0.338 e. The molecule has 6 rings (SSSR count). The molecule has 220 valence electrons. The first-order chi connectivity index (χ1) is 20.4.